The van der Waals surface area contributed by atoms with Gasteiger partial charge in [-0.15, -0.1) is 11.3 Å². The summed E-state index contributed by atoms with van der Waals surface area (Å²) in [5, 5.41) is 6.80. The van der Waals surface area contributed by atoms with E-state index in [1.807, 2.05) is 43.8 Å². The van der Waals surface area contributed by atoms with E-state index in [9.17, 15) is 0 Å². The molecule has 0 unspecified atom stereocenters. The third-order valence-corrected chi connectivity index (χ3v) is 3.75. The van der Waals surface area contributed by atoms with E-state index in [1.165, 1.54) is 11.3 Å². The molecule has 4 aromatic heterocycles. The number of nitrogens with one attached hydrogen (secondary N) is 2. The van der Waals surface area contributed by atoms with E-state index < -0.39 is 0 Å². The highest BCUT2D eigenvalue weighted by Crippen LogP contribution is 2.27. The molecule has 0 aliphatic carbocycles. The molecule has 6 nitrogen and oxygen atoms in total. The van der Waals surface area contributed by atoms with E-state index in [-0.39, 0.29) is 0 Å². The van der Waals surface area contributed by atoms with E-state index >= 15 is 0 Å². The molecular weight excluding hydrogens is 308 g/mol. The van der Waals surface area contributed by atoms with Crippen LogP contribution in [0.15, 0.2) is 48.5 Å². The first-order valence-electron chi connectivity index (χ1n) is 7.31. The first-order valence-corrected chi connectivity index (χ1v) is 8.19. The van der Waals surface area contributed by atoms with E-state index in [4.69, 9.17) is 0 Å². The molecule has 0 aliphatic rings. The monoisotopic (exact) mass is 324 g/mol. The number of hydrogen-bond donors (Lipinski definition) is 2. The Bertz CT molecular complexity index is 884. The molecule has 116 valence electrons. The number of pyridine rings is 1. The largest absolute Gasteiger partial charge is 0.360 e. The van der Waals surface area contributed by atoms with Crippen LogP contribution in [-0.4, -0.2) is 24.9 Å². The fourth-order valence-electron chi connectivity index (χ4n) is 2.12. The summed E-state index contributed by atoms with van der Waals surface area (Å²) in [5.41, 5.74) is 2.87. The van der Waals surface area contributed by atoms with Gasteiger partial charge in [-0.25, -0.2) is 15.0 Å². The Morgan fingerprint density at radius 1 is 1.09 bits per heavy atom. The van der Waals surface area contributed by atoms with Crippen molar-refractivity contribution in [3.05, 3.63) is 48.5 Å². The highest BCUT2D eigenvalue weighted by Gasteiger charge is 2.09. The molecule has 0 fully saturated rings. The van der Waals surface area contributed by atoms with Crippen LogP contribution in [0.5, 0.6) is 0 Å². The number of aromatic amines is 1. The molecule has 23 heavy (non-hydrogen) atoms. The Kier molecular flexibility index (Phi) is 4.58. The highest BCUT2D eigenvalue weighted by atomic mass is 32.1. The van der Waals surface area contributed by atoms with Crippen LogP contribution in [0, 0.1) is 0 Å². The third-order valence-electron chi connectivity index (χ3n) is 3.07. The summed E-state index contributed by atoms with van der Waals surface area (Å²) in [6.45, 7) is 4.00. The molecule has 4 rings (SSSR count). The lowest BCUT2D eigenvalue weighted by atomic mass is 10.1. The van der Waals surface area contributed by atoms with Crippen molar-refractivity contribution in [3.63, 3.8) is 0 Å². The smallest absolute Gasteiger partial charge is 0.229 e. The summed E-state index contributed by atoms with van der Waals surface area (Å²) in [7, 11) is 0. The van der Waals surface area contributed by atoms with Crippen molar-refractivity contribution in [3.8, 4) is 11.3 Å². The maximum atomic E-state index is 4.54. The minimum atomic E-state index is 0.528. The van der Waals surface area contributed by atoms with Gasteiger partial charge in [0.2, 0.25) is 5.95 Å². The second-order valence-corrected chi connectivity index (χ2v) is 5.25. The molecule has 4 aromatic rings. The van der Waals surface area contributed by atoms with Gasteiger partial charge in [0.1, 0.15) is 0 Å². The summed E-state index contributed by atoms with van der Waals surface area (Å²) in [6, 6.07) is 3.82. The minimum absolute atomic E-state index is 0.528. The molecule has 0 aliphatic heterocycles. The van der Waals surface area contributed by atoms with Gasteiger partial charge in [0.15, 0.2) is 5.13 Å². The lowest BCUT2D eigenvalue weighted by Crippen LogP contribution is -1.97. The molecule has 0 spiro atoms. The van der Waals surface area contributed by atoms with Gasteiger partial charge in [0.05, 0.1) is 5.69 Å². The standard InChI is InChI=1S/C14H10N6S.C2H6/c1-3-15-7-9-10(8-18-11(1)9)12-2-4-16-13(19-12)20-14-17-5-6-21-14;1-2/h1-8,18H,(H,16,17,19,20);1-2H3. The number of nitrogens with zero attached hydrogens (tertiary/aromatic N) is 4. The van der Waals surface area contributed by atoms with Gasteiger partial charge in [-0.3, -0.25) is 4.98 Å². The van der Waals surface area contributed by atoms with Crippen LogP contribution in [-0.2, 0) is 0 Å². The van der Waals surface area contributed by atoms with Crippen LogP contribution in [0.1, 0.15) is 13.8 Å². The van der Waals surface area contributed by atoms with E-state index in [0.717, 1.165) is 27.3 Å². The van der Waals surface area contributed by atoms with E-state index in [2.05, 4.69) is 30.2 Å². The summed E-state index contributed by atoms with van der Waals surface area (Å²) in [4.78, 5) is 20.3. The zero-order chi connectivity index (χ0) is 16.1. The average Bonchev–Trinajstić information content (AvgIpc) is 3.26. The second-order valence-electron chi connectivity index (χ2n) is 4.35. The fraction of sp³-hybridized carbons (Fsp3) is 0.125. The van der Waals surface area contributed by atoms with Crippen molar-refractivity contribution in [2.75, 3.05) is 5.32 Å². The van der Waals surface area contributed by atoms with Gasteiger partial charge in [-0.05, 0) is 12.1 Å². The predicted octanol–water partition coefficient (Wildman–Crippen LogP) is 4.25. The Labute approximate surface area is 137 Å². The Hall–Kier alpha value is -2.80. The topological polar surface area (TPSA) is 79.4 Å². The Morgan fingerprint density at radius 2 is 2.00 bits per heavy atom. The molecule has 4 heterocycles. The summed E-state index contributed by atoms with van der Waals surface area (Å²) < 4.78 is 0. The van der Waals surface area contributed by atoms with Crippen molar-refractivity contribution in [2.45, 2.75) is 13.8 Å². The number of fused-ring (bicyclic) bond motifs is 1. The number of hydrogen-bond acceptors (Lipinski definition) is 6. The summed E-state index contributed by atoms with van der Waals surface area (Å²) in [5.74, 6) is 0.528. The van der Waals surface area contributed by atoms with Crippen LogP contribution < -0.4 is 5.32 Å². The van der Waals surface area contributed by atoms with E-state index in [1.54, 1.807) is 18.6 Å². The van der Waals surface area contributed by atoms with Gasteiger partial charge in [-0.1, -0.05) is 13.8 Å². The van der Waals surface area contributed by atoms with Crippen LogP contribution in [0.3, 0.4) is 0 Å². The maximum absolute atomic E-state index is 4.54. The van der Waals surface area contributed by atoms with Gasteiger partial charge >= 0.3 is 0 Å². The maximum Gasteiger partial charge on any atom is 0.229 e. The fourth-order valence-corrected chi connectivity index (χ4v) is 2.65. The molecule has 7 heteroatoms. The zero-order valence-corrected chi connectivity index (χ0v) is 13.6. The first-order chi connectivity index (χ1) is 11.4. The van der Waals surface area contributed by atoms with Crippen LogP contribution in [0.4, 0.5) is 11.1 Å². The molecule has 2 N–H and O–H groups in total. The van der Waals surface area contributed by atoms with Crippen LogP contribution in [0.2, 0.25) is 0 Å². The molecule has 0 bridgehead atoms. The average molecular weight is 324 g/mol. The number of aromatic nitrogens is 5. The van der Waals surface area contributed by atoms with Crippen molar-refractivity contribution in [2.24, 2.45) is 0 Å². The molecular formula is C16H16N6S. The Morgan fingerprint density at radius 3 is 2.83 bits per heavy atom. The van der Waals surface area contributed by atoms with Crippen LogP contribution >= 0.6 is 11.3 Å². The van der Waals surface area contributed by atoms with E-state index in [0.29, 0.717) is 5.95 Å². The van der Waals surface area contributed by atoms with Crippen molar-refractivity contribution in [1.29, 1.82) is 0 Å². The number of thiazole rings is 1. The lowest BCUT2D eigenvalue weighted by molar-refractivity contribution is 1.16. The number of rotatable bonds is 3. The number of H-pyrrole nitrogens is 1. The molecule has 0 saturated heterocycles. The van der Waals surface area contributed by atoms with Crippen molar-refractivity contribution < 1.29 is 0 Å². The van der Waals surface area contributed by atoms with Crippen molar-refractivity contribution >= 4 is 33.3 Å². The van der Waals surface area contributed by atoms with Gasteiger partial charge in [0.25, 0.3) is 0 Å². The predicted molar refractivity (Wildman–Crippen MR) is 93.9 cm³/mol. The summed E-state index contributed by atoms with van der Waals surface area (Å²) >= 11 is 1.51. The van der Waals surface area contributed by atoms with Gasteiger partial charge in [-0.2, -0.15) is 0 Å². The number of anilines is 2. The van der Waals surface area contributed by atoms with Gasteiger partial charge < -0.3 is 10.3 Å². The second kappa shape index (κ2) is 6.97. The third kappa shape index (κ3) is 3.19. The minimum Gasteiger partial charge on any atom is -0.360 e. The van der Waals surface area contributed by atoms with Crippen molar-refractivity contribution in [1.82, 2.24) is 24.9 Å². The molecule has 0 aromatic carbocycles. The quantitative estimate of drug-likeness (QED) is 0.589. The highest BCUT2D eigenvalue weighted by molar-refractivity contribution is 7.13. The zero-order valence-electron chi connectivity index (χ0n) is 12.8. The molecule has 0 atom stereocenters. The normalized spacial score (nSPS) is 10.2. The molecule has 0 amide bonds. The Balaban J connectivity index is 0.000000753. The SMILES string of the molecule is CC.c1cc2[nH]cc(-c3ccnc(Nc4nccs4)n3)c2cn1. The van der Waals surface area contributed by atoms with Crippen LogP contribution in [0.25, 0.3) is 22.2 Å². The van der Waals surface area contributed by atoms with Gasteiger partial charge in [0, 0.05) is 52.8 Å². The first kappa shape index (κ1) is 15.1. The summed E-state index contributed by atoms with van der Waals surface area (Å²) in [6.07, 6.45) is 8.99. The molecule has 0 saturated carbocycles. The lowest BCUT2D eigenvalue weighted by Gasteiger charge is -2.03. The molecule has 0 radical (unpaired) electrons.